The second kappa shape index (κ2) is 6.75. The first-order valence-electron chi connectivity index (χ1n) is 6.88. The van der Waals surface area contributed by atoms with Gasteiger partial charge in [0.05, 0.1) is 10.6 Å². The smallest absolute Gasteiger partial charge is 0.252 e. The molecule has 0 unspecified atom stereocenters. The third-order valence-electron chi connectivity index (χ3n) is 3.51. The van der Waals surface area contributed by atoms with Crippen molar-refractivity contribution in [3.05, 3.63) is 22.8 Å². The van der Waals surface area contributed by atoms with E-state index in [1.165, 1.54) is 19.3 Å². The number of amides is 1. The van der Waals surface area contributed by atoms with Crippen molar-refractivity contribution < 1.29 is 4.79 Å². The number of anilines is 1. The number of pyridine rings is 1. The average molecular weight is 282 g/mol. The molecule has 1 aliphatic carbocycles. The number of aromatic nitrogens is 1. The van der Waals surface area contributed by atoms with Gasteiger partial charge in [0, 0.05) is 19.3 Å². The van der Waals surface area contributed by atoms with E-state index in [0.717, 1.165) is 25.4 Å². The number of hydrogen-bond acceptors (Lipinski definition) is 3. The topological polar surface area (TPSA) is 54.0 Å². The number of carbonyl (C=O) groups is 1. The molecule has 5 heteroatoms. The molecule has 1 heterocycles. The minimum atomic E-state index is -0.100. The predicted molar refractivity (Wildman–Crippen MR) is 77.7 cm³/mol. The van der Waals surface area contributed by atoms with Gasteiger partial charge in [-0.05, 0) is 25.3 Å². The fourth-order valence-corrected chi connectivity index (χ4v) is 2.37. The summed E-state index contributed by atoms with van der Waals surface area (Å²) >= 11 is 6.06. The quantitative estimate of drug-likeness (QED) is 0.842. The Morgan fingerprint density at radius 1 is 1.53 bits per heavy atom. The molecule has 4 nitrogen and oxygen atoms in total. The monoisotopic (exact) mass is 281 g/mol. The first-order chi connectivity index (χ1) is 9.20. The van der Waals surface area contributed by atoms with Crippen LogP contribution in [0.4, 0.5) is 5.82 Å². The van der Waals surface area contributed by atoms with Crippen molar-refractivity contribution in [3.8, 4) is 0 Å². The van der Waals surface area contributed by atoms with Gasteiger partial charge < -0.3 is 10.6 Å². The van der Waals surface area contributed by atoms with Gasteiger partial charge in [0.25, 0.3) is 5.91 Å². The lowest BCUT2D eigenvalue weighted by Crippen LogP contribution is -2.27. The first kappa shape index (κ1) is 14.1. The van der Waals surface area contributed by atoms with Gasteiger partial charge in [0.1, 0.15) is 5.82 Å². The lowest BCUT2D eigenvalue weighted by atomic mass is 9.83. The standard InChI is InChI=1S/C14H20ClN3O/c1-2-16-13-12(15)8-11(9-18-13)14(19)17-7-6-10-4-3-5-10/h8-10H,2-7H2,1H3,(H,16,18)(H,17,19). The van der Waals surface area contributed by atoms with E-state index in [0.29, 0.717) is 16.4 Å². The average Bonchev–Trinajstić information content (AvgIpc) is 2.35. The van der Waals surface area contributed by atoms with Crippen molar-refractivity contribution in [2.45, 2.75) is 32.6 Å². The maximum atomic E-state index is 11.9. The normalized spacial score (nSPS) is 14.8. The highest BCUT2D eigenvalue weighted by Gasteiger charge is 2.17. The summed E-state index contributed by atoms with van der Waals surface area (Å²) in [5.74, 6) is 1.32. The van der Waals surface area contributed by atoms with Gasteiger partial charge in [-0.2, -0.15) is 0 Å². The van der Waals surface area contributed by atoms with Crippen LogP contribution in [0.15, 0.2) is 12.3 Å². The van der Waals surface area contributed by atoms with Gasteiger partial charge in [-0.25, -0.2) is 4.98 Å². The molecule has 1 aliphatic rings. The van der Waals surface area contributed by atoms with E-state index in [-0.39, 0.29) is 5.91 Å². The lowest BCUT2D eigenvalue weighted by molar-refractivity contribution is 0.0948. The summed E-state index contributed by atoms with van der Waals surface area (Å²) in [5, 5.41) is 6.44. The number of rotatable bonds is 6. The minimum Gasteiger partial charge on any atom is -0.369 e. The maximum Gasteiger partial charge on any atom is 0.252 e. The van der Waals surface area contributed by atoms with Crippen LogP contribution in [0.3, 0.4) is 0 Å². The third kappa shape index (κ3) is 3.83. The Morgan fingerprint density at radius 3 is 2.89 bits per heavy atom. The van der Waals surface area contributed by atoms with E-state index in [1.54, 1.807) is 12.3 Å². The van der Waals surface area contributed by atoms with Gasteiger partial charge in [-0.3, -0.25) is 4.79 Å². The van der Waals surface area contributed by atoms with Gasteiger partial charge in [-0.15, -0.1) is 0 Å². The fourth-order valence-electron chi connectivity index (χ4n) is 2.13. The van der Waals surface area contributed by atoms with E-state index in [4.69, 9.17) is 11.6 Å². The summed E-state index contributed by atoms with van der Waals surface area (Å²) in [7, 11) is 0. The largest absolute Gasteiger partial charge is 0.369 e. The predicted octanol–water partition coefficient (Wildman–Crippen LogP) is 3.09. The Morgan fingerprint density at radius 2 is 2.32 bits per heavy atom. The Balaban J connectivity index is 1.85. The van der Waals surface area contributed by atoms with Crippen LogP contribution in [0.1, 0.15) is 43.0 Å². The Hall–Kier alpha value is -1.29. The van der Waals surface area contributed by atoms with Crippen LogP contribution >= 0.6 is 11.6 Å². The molecule has 0 aliphatic heterocycles. The van der Waals surface area contributed by atoms with Crippen molar-refractivity contribution in [1.29, 1.82) is 0 Å². The highest BCUT2D eigenvalue weighted by Crippen LogP contribution is 2.28. The summed E-state index contributed by atoms with van der Waals surface area (Å²) < 4.78 is 0. The van der Waals surface area contributed by atoms with Crippen LogP contribution in [0.5, 0.6) is 0 Å². The van der Waals surface area contributed by atoms with Crippen molar-refractivity contribution >= 4 is 23.3 Å². The molecule has 1 saturated carbocycles. The van der Waals surface area contributed by atoms with E-state index in [2.05, 4.69) is 15.6 Å². The van der Waals surface area contributed by atoms with Crippen LogP contribution < -0.4 is 10.6 Å². The highest BCUT2D eigenvalue weighted by atomic mass is 35.5. The Kier molecular flexibility index (Phi) is 5.02. The summed E-state index contributed by atoms with van der Waals surface area (Å²) in [4.78, 5) is 16.1. The number of nitrogens with one attached hydrogen (secondary N) is 2. The van der Waals surface area contributed by atoms with Crippen LogP contribution in [0.2, 0.25) is 5.02 Å². The van der Waals surface area contributed by atoms with E-state index in [1.807, 2.05) is 6.92 Å². The van der Waals surface area contributed by atoms with Crippen molar-refractivity contribution in [3.63, 3.8) is 0 Å². The molecule has 0 saturated heterocycles. The molecule has 104 valence electrons. The Bertz CT molecular complexity index is 446. The molecule has 1 amide bonds. The first-order valence-corrected chi connectivity index (χ1v) is 7.26. The third-order valence-corrected chi connectivity index (χ3v) is 3.80. The fraction of sp³-hybridized carbons (Fsp3) is 0.571. The molecule has 0 spiro atoms. The Labute approximate surface area is 118 Å². The summed E-state index contributed by atoms with van der Waals surface area (Å²) in [6.45, 7) is 3.45. The number of nitrogens with zero attached hydrogens (tertiary/aromatic N) is 1. The van der Waals surface area contributed by atoms with Gasteiger partial charge in [0.15, 0.2) is 0 Å². The van der Waals surface area contributed by atoms with E-state index < -0.39 is 0 Å². The molecule has 2 N–H and O–H groups in total. The maximum absolute atomic E-state index is 11.9. The molecule has 0 aromatic carbocycles. The molecule has 1 fully saturated rings. The number of carbonyl (C=O) groups excluding carboxylic acids is 1. The second-order valence-electron chi connectivity index (χ2n) is 4.93. The SMILES string of the molecule is CCNc1ncc(C(=O)NCCC2CCC2)cc1Cl. The molecule has 0 atom stereocenters. The lowest BCUT2D eigenvalue weighted by Gasteiger charge is -2.25. The van der Waals surface area contributed by atoms with Gasteiger partial charge in [0.2, 0.25) is 0 Å². The van der Waals surface area contributed by atoms with Crippen LogP contribution in [-0.4, -0.2) is 24.0 Å². The molecule has 1 aromatic rings. The summed E-state index contributed by atoms with van der Waals surface area (Å²) in [6.07, 6.45) is 6.58. The van der Waals surface area contributed by atoms with Crippen LogP contribution in [0.25, 0.3) is 0 Å². The van der Waals surface area contributed by atoms with Gasteiger partial charge in [-0.1, -0.05) is 30.9 Å². The van der Waals surface area contributed by atoms with Crippen LogP contribution in [0, 0.1) is 5.92 Å². The van der Waals surface area contributed by atoms with Crippen molar-refractivity contribution in [2.75, 3.05) is 18.4 Å². The van der Waals surface area contributed by atoms with Crippen LogP contribution in [-0.2, 0) is 0 Å². The molecule has 19 heavy (non-hydrogen) atoms. The molecule has 0 bridgehead atoms. The molecule has 2 rings (SSSR count). The zero-order valence-corrected chi connectivity index (χ0v) is 12.0. The van der Waals surface area contributed by atoms with E-state index in [9.17, 15) is 4.79 Å². The number of halogens is 1. The zero-order chi connectivity index (χ0) is 13.7. The molecular formula is C14H20ClN3O. The van der Waals surface area contributed by atoms with Crippen molar-refractivity contribution in [1.82, 2.24) is 10.3 Å². The summed E-state index contributed by atoms with van der Waals surface area (Å²) in [6, 6.07) is 1.66. The van der Waals surface area contributed by atoms with Crippen molar-refractivity contribution in [2.24, 2.45) is 5.92 Å². The molecule has 0 radical (unpaired) electrons. The molecule has 1 aromatic heterocycles. The van der Waals surface area contributed by atoms with E-state index >= 15 is 0 Å². The second-order valence-corrected chi connectivity index (χ2v) is 5.33. The number of hydrogen-bond donors (Lipinski definition) is 2. The van der Waals surface area contributed by atoms with Gasteiger partial charge >= 0.3 is 0 Å². The summed E-state index contributed by atoms with van der Waals surface area (Å²) in [5.41, 5.74) is 0.514. The minimum absolute atomic E-state index is 0.100. The highest BCUT2D eigenvalue weighted by molar-refractivity contribution is 6.33. The zero-order valence-electron chi connectivity index (χ0n) is 11.2. The molecular weight excluding hydrogens is 262 g/mol.